The molecule has 0 saturated heterocycles. The fourth-order valence-corrected chi connectivity index (χ4v) is 1.25. The molecule has 0 saturated carbocycles. The normalized spacial score (nSPS) is 11.7. The molecule has 5 nitrogen and oxygen atoms in total. The van der Waals surface area contributed by atoms with Crippen molar-refractivity contribution in [1.82, 2.24) is 0 Å². The maximum absolute atomic E-state index is 11.5. The van der Waals surface area contributed by atoms with Crippen molar-refractivity contribution in [3.63, 3.8) is 0 Å². The Kier molecular flexibility index (Phi) is 5.50. The van der Waals surface area contributed by atoms with Gasteiger partial charge in [0.25, 0.3) is 0 Å². The van der Waals surface area contributed by atoms with Crippen LogP contribution in [0, 0.1) is 0 Å². The van der Waals surface area contributed by atoms with Gasteiger partial charge in [-0.25, -0.2) is 9.59 Å². The minimum absolute atomic E-state index is 0.258. The summed E-state index contributed by atoms with van der Waals surface area (Å²) in [6, 6.07) is 0. The van der Waals surface area contributed by atoms with Gasteiger partial charge in [0, 0.05) is 38.8 Å². The van der Waals surface area contributed by atoms with Gasteiger partial charge in [0.2, 0.25) is 11.6 Å². The maximum atomic E-state index is 11.5. The van der Waals surface area contributed by atoms with Gasteiger partial charge in [-0.15, -0.1) is 0 Å². The van der Waals surface area contributed by atoms with Gasteiger partial charge in [-0.2, -0.15) is 0 Å². The molecule has 0 aliphatic heterocycles. The summed E-state index contributed by atoms with van der Waals surface area (Å²) in [6.45, 7) is 16.2. The van der Waals surface area contributed by atoms with E-state index in [1.807, 2.05) is 0 Å². The molecule has 0 atom stereocenters. The van der Waals surface area contributed by atoms with Crippen LogP contribution in [0.3, 0.4) is 0 Å². The lowest BCUT2D eigenvalue weighted by atomic mass is 10.3. The summed E-state index contributed by atoms with van der Waals surface area (Å²) in [5.41, 5.74) is 0.516. The van der Waals surface area contributed by atoms with E-state index >= 15 is 0 Å². The van der Waals surface area contributed by atoms with Crippen LogP contribution in [-0.4, -0.2) is 23.5 Å². The zero-order valence-electron chi connectivity index (χ0n) is 12.5. The first-order valence-electron chi connectivity index (χ1n) is 5.84. The first-order valence-corrected chi connectivity index (χ1v) is 5.84. The predicted molar refractivity (Wildman–Crippen MR) is 71.1 cm³/mol. The molecule has 0 aliphatic carbocycles. The molecular weight excluding hydrogens is 248 g/mol. The highest BCUT2D eigenvalue weighted by molar-refractivity contribution is 5.87. The summed E-state index contributed by atoms with van der Waals surface area (Å²) in [6.07, 6.45) is 0. The Morgan fingerprint density at radius 3 is 1.26 bits per heavy atom. The fraction of sp³-hybridized carbons (Fsp3) is 0.571. The smallest absolute Gasteiger partial charge is 0.335 e. The van der Waals surface area contributed by atoms with Crippen LogP contribution < -0.4 is 0 Å². The molecule has 108 valence electrons. The third-order valence-electron chi connectivity index (χ3n) is 1.87. The maximum Gasteiger partial charge on any atom is 0.335 e. The van der Waals surface area contributed by atoms with E-state index in [1.54, 1.807) is 27.7 Å². The van der Waals surface area contributed by atoms with Crippen molar-refractivity contribution in [3.05, 3.63) is 24.3 Å². The molecule has 19 heavy (non-hydrogen) atoms. The average molecular weight is 270 g/mol. The van der Waals surface area contributed by atoms with E-state index in [2.05, 4.69) is 13.2 Å². The van der Waals surface area contributed by atoms with Crippen LogP contribution in [0.2, 0.25) is 0 Å². The molecule has 5 heteroatoms. The van der Waals surface area contributed by atoms with E-state index in [1.165, 1.54) is 13.8 Å². The largest absolute Gasteiger partial charge is 0.430 e. The second-order valence-electron chi connectivity index (χ2n) is 5.24. The molecule has 0 N–H and O–H groups in total. The number of carbonyl (C=O) groups is 2. The van der Waals surface area contributed by atoms with Crippen molar-refractivity contribution >= 4 is 11.9 Å². The van der Waals surface area contributed by atoms with Crippen LogP contribution in [0.5, 0.6) is 0 Å². The molecule has 0 amide bonds. The molecule has 0 rings (SSSR count). The van der Waals surface area contributed by atoms with Gasteiger partial charge in [-0.1, -0.05) is 13.2 Å². The second kappa shape index (κ2) is 6.02. The molecule has 0 bridgehead atoms. The minimum atomic E-state index is -1.26. The molecule has 0 spiro atoms. The highest BCUT2D eigenvalue weighted by Gasteiger charge is 2.35. The number of carbonyl (C=O) groups excluding carboxylic acids is 2. The van der Waals surface area contributed by atoms with Gasteiger partial charge in [0.05, 0.1) is 0 Å². The van der Waals surface area contributed by atoms with E-state index in [4.69, 9.17) is 14.2 Å². The highest BCUT2D eigenvalue weighted by Crippen LogP contribution is 2.24. The van der Waals surface area contributed by atoms with E-state index in [9.17, 15) is 9.59 Å². The molecule has 0 aliphatic rings. The number of ether oxygens (including phenoxy) is 3. The highest BCUT2D eigenvalue weighted by atomic mass is 16.8. The monoisotopic (exact) mass is 270 g/mol. The van der Waals surface area contributed by atoms with Gasteiger partial charge < -0.3 is 9.47 Å². The predicted octanol–water partition coefficient (Wildman–Crippen LogP) is 2.71. The molecular formula is C14H22O5. The lowest BCUT2D eigenvalue weighted by molar-refractivity contribution is -0.311. The number of rotatable bonds is 6. The average Bonchev–Trinajstić information content (AvgIpc) is 2.13. The third-order valence-corrected chi connectivity index (χ3v) is 1.87. The van der Waals surface area contributed by atoms with Crippen LogP contribution in [0.4, 0.5) is 0 Å². The van der Waals surface area contributed by atoms with Crippen LogP contribution in [-0.2, 0) is 23.8 Å². The summed E-state index contributed by atoms with van der Waals surface area (Å²) in [5.74, 6) is -3.66. The molecule has 0 heterocycles. The molecule has 0 fully saturated rings. The lowest BCUT2D eigenvalue weighted by Gasteiger charge is -2.34. The second-order valence-corrected chi connectivity index (χ2v) is 5.24. The Morgan fingerprint density at radius 2 is 1.05 bits per heavy atom. The lowest BCUT2D eigenvalue weighted by Crippen LogP contribution is -2.43. The quantitative estimate of drug-likeness (QED) is 0.422. The Balaban J connectivity index is 4.71. The van der Waals surface area contributed by atoms with Crippen molar-refractivity contribution in [2.75, 3.05) is 0 Å². The molecule has 0 aromatic heterocycles. The van der Waals surface area contributed by atoms with Crippen molar-refractivity contribution in [3.8, 4) is 0 Å². The van der Waals surface area contributed by atoms with E-state index in [0.717, 1.165) is 0 Å². The first kappa shape index (κ1) is 17.4. The Bertz CT molecular complexity index is 366. The summed E-state index contributed by atoms with van der Waals surface area (Å²) >= 11 is 0. The van der Waals surface area contributed by atoms with E-state index in [-0.39, 0.29) is 11.1 Å². The number of hydrogen-bond donors (Lipinski definition) is 0. The Morgan fingerprint density at radius 1 is 0.789 bits per heavy atom. The van der Waals surface area contributed by atoms with Crippen molar-refractivity contribution in [2.24, 2.45) is 0 Å². The van der Waals surface area contributed by atoms with Crippen LogP contribution >= 0.6 is 0 Å². The summed E-state index contributed by atoms with van der Waals surface area (Å²) in [7, 11) is 0. The van der Waals surface area contributed by atoms with E-state index in [0.29, 0.717) is 0 Å². The van der Waals surface area contributed by atoms with Crippen molar-refractivity contribution in [1.29, 1.82) is 0 Å². The van der Waals surface area contributed by atoms with Gasteiger partial charge in [-0.05, 0) is 13.8 Å². The van der Waals surface area contributed by atoms with Crippen LogP contribution in [0.15, 0.2) is 24.3 Å². The SMILES string of the molecule is C=C(C)C(=O)OC(C)(C)OC(C)(C)OC(=O)C(=C)C. The van der Waals surface area contributed by atoms with Crippen LogP contribution in [0.1, 0.15) is 41.5 Å². The van der Waals surface area contributed by atoms with Gasteiger partial charge in [0.1, 0.15) is 0 Å². The third kappa shape index (κ3) is 6.76. The standard InChI is InChI=1S/C14H22O5/c1-9(2)11(15)17-13(5,6)19-14(7,8)18-12(16)10(3)4/h1,3H2,2,4-8H3. The molecule has 0 aromatic carbocycles. The summed E-state index contributed by atoms with van der Waals surface area (Å²) < 4.78 is 15.7. The molecule has 0 unspecified atom stereocenters. The zero-order chi connectivity index (χ0) is 15.4. The van der Waals surface area contributed by atoms with E-state index < -0.39 is 23.5 Å². The van der Waals surface area contributed by atoms with Crippen molar-refractivity contribution in [2.45, 2.75) is 53.1 Å². The minimum Gasteiger partial charge on any atom is -0.430 e. The Hall–Kier alpha value is -1.62. The topological polar surface area (TPSA) is 61.8 Å². The van der Waals surface area contributed by atoms with Gasteiger partial charge >= 0.3 is 11.9 Å². The first-order chi connectivity index (χ1) is 8.36. The molecule has 0 radical (unpaired) electrons. The number of hydrogen-bond acceptors (Lipinski definition) is 5. The van der Waals surface area contributed by atoms with Crippen molar-refractivity contribution < 1.29 is 23.8 Å². The molecule has 0 aromatic rings. The number of esters is 2. The van der Waals surface area contributed by atoms with Gasteiger partial charge in [0.15, 0.2) is 0 Å². The van der Waals surface area contributed by atoms with Gasteiger partial charge in [-0.3, -0.25) is 4.74 Å². The fourth-order valence-electron chi connectivity index (χ4n) is 1.25. The summed E-state index contributed by atoms with van der Waals surface area (Å²) in [5, 5.41) is 0. The Labute approximate surface area is 114 Å². The van der Waals surface area contributed by atoms with Crippen LogP contribution in [0.25, 0.3) is 0 Å². The zero-order valence-corrected chi connectivity index (χ0v) is 12.5. The summed E-state index contributed by atoms with van der Waals surface area (Å²) in [4.78, 5) is 22.9.